The van der Waals surface area contributed by atoms with Crippen molar-refractivity contribution in [3.63, 3.8) is 0 Å². The zero-order valence-corrected chi connectivity index (χ0v) is 22.6. The normalized spacial score (nSPS) is 25.0. The molecule has 0 bridgehead atoms. The number of hydrogen-bond acceptors (Lipinski definition) is 9. The van der Waals surface area contributed by atoms with Gasteiger partial charge in [-0.1, -0.05) is 0 Å². The molecule has 2 aromatic heterocycles. The molecule has 2 aliphatic rings. The number of aromatic nitrogens is 4. The lowest BCUT2D eigenvalue weighted by atomic mass is 10.2. The molecule has 0 radical (unpaired) electrons. The molecule has 17 heteroatoms. The van der Waals surface area contributed by atoms with Gasteiger partial charge in [0.1, 0.15) is 18.8 Å². The number of H-pyrrole nitrogens is 2. The first-order valence-electron chi connectivity index (χ1n) is 11.2. The SMILES string of the molecule is CP(C)(=O)C1CCC(Cn2ccc(=O)[nH]c2=O)O1.O=c1ccn(CC2CCC(P(=O)([O-])O)O2)c(=O)[nH]1.[NH4+]. The van der Waals surface area contributed by atoms with E-state index in [1.807, 2.05) is 0 Å². The highest BCUT2D eigenvalue weighted by Gasteiger charge is 2.34. The van der Waals surface area contributed by atoms with Crippen LogP contribution in [0, 0.1) is 0 Å². The minimum Gasteiger partial charge on any atom is -0.777 e. The van der Waals surface area contributed by atoms with Crippen molar-refractivity contribution in [2.45, 2.75) is 62.7 Å². The average molecular weight is 565 g/mol. The summed E-state index contributed by atoms with van der Waals surface area (Å²) in [5.74, 6) is -1.41. The van der Waals surface area contributed by atoms with Gasteiger partial charge < -0.3 is 34.5 Å². The predicted molar refractivity (Wildman–Crippen MR) is 134 cm³/mol. The van der Waals surface area contributed by atoms with Crippen molar-refractivity contribution in [2.75, 3.05) is 13.3 Å². The monoisotopic (exact) mass is 565 g/mol. The molecular weight excluding hydrogens is 532 g/mol. The van der Waals surface area contributed by atoms with E-state index in [-0.39, 0.29) is 31.1 Å². The van der Waals surface area contributed by atoms with Crippen LogP contribution in [0.5, 0.6) is 0 Å². The molecule has 4 rings (SSSR count). The van der Waals surface area contributed by atoms with Crippen molar-refractivity contribution in [1.29, 1.82) is 0 Å². The number of rotatable bonds is 6. The quantitative estimate of drug-likeness (QED) is 0.331. The molecule has 2 fully saturated rings. The molecule has 0 amide bonds. The third-order valence-electron chi connectivity index (χ3n) is 5.82. The van der Waals surface area contributed by atoms with E-state index in [4.69, 9.17) is 14.4 Å². The van der Waals surface area contributed by atoms with Crippen molar-refractivity contribution in [3.8, 4) is 0 Å². The van der Waals surface area contributed by atoms with Gasteiger partial charge in [0.15, 0.2) is 7.60 Å². The first kappa shape index (κ1) is 30.8. The van der Waals surface area contributed by atoms with Crippen molar-refractivity contribution >= 4 is 14.7 Å². The summed E-state index contributed by atoms with van der Waals surface area (Å²) >= 11 is 0. The molecule has 7 N–H and O–H groups in total. The Morgan fingerprint density at radius 2 is 1.27 bits per heavy atom. The molecule has 0 aliphatic carbocycles. The maximum Gasteiger partial charge on any atom is 0.328 e. The van der Waals surface area contributed by atoms with Crippen molar-refractivity contribution in [3.05, 3.63) is 66.2 Å². The average Bonchev–Trinajstić information content (AvgIpc) is 3.42. The number of nitrogens with one attached hydrogen (secondary N) is 2. The summed E-state index contributed by atoms with van der Waals surface area (Å²) in [5.41, 5.74) is -1.93. The Hall–Kier alpha value is -2.38. The van der Waals surface area contributed by atoms with Crippen LogP contribution in [0.1, 0.15) is 25.7 Å². The molecule has 37 heavy (non-hydrogen) atoms. The minimum atomic E-state index is -4.49. The van der Waals surface area contributed by atoms with E-state index in [0.29, 0.717) is 13.0 Å². The Kier molecular flexibility index (Phi) is 10.4. The Balaban J connectivity index is 0.000000253. The zero-order chi connectivity index (χ0) is 26.7. The fourth-order valence-corrected chi connectivity index (χ4v) is 5.99. The van der Waals surface area contributed by atoms with Crippen molar-refractivity contribution < 1.29 is 28.4 Å². The van der Waals surface area contributed by atoms with Gasteiger partial charge in [0.05, 0.1) is 25.3 Å². The third kappa shape index (κ3) is 8.85. The molecule has 4 heterocycles. The fraction of sp³-hybridized carbons (Fsp3) is 0.600. The molecule has 0 saturated carbocycles. The summed E-state index contributed by atoms with van der Waals surface area (Å²) in [6.45, 7) is 3.94. The second-order valence-corrected chi connectivity index (χ2v) is 14.3. The first-order valence-corrected chi connectivity index (χ1v) is 15.5. The summed E-state index contributed by atoms with van der Waals surface area (Å²) in [5, 5.41) is 0. The smallest absolute Gasteiger partial charge is 0.328 e. The second-order valence-electron chi connectivity index (χ2n) is 9.10. The van der Waals surface area contributed by atoms with E-state index in [2.05, 4.69) is 9.97 Å². The number of nitrogens with zero attached hydrogens (tertiary/aromatic N) is 2. The van der Waals surface area contributed by atoms with E-state index < -0.39 is 49.2 Å². The first-order chi connectivity index (χ1) is 16.7. The van der Waals surface area contributed by atoms with Crippen LogP contribution in [0.3, 0.4) is 0 Å². The van der Waals surface area contributed by atoms with Gasteiger partial charge in [-0.3, -0.25) is 28.7 Å². The van der Waals surface area contributed by atoms with Crippen LogP contribution in [0.25, 0.3) is 0 Å². The predicted octanol–water partition coefficient (Wildman–Crippen LogP) is -0.372. The van der Waals surface area contributed by atoms with Crippen LogP contribution in [-0.2, 0) is 31.7 Å². The van der Waals surface area contributed by atoms with Crippen LogP contribution in [-0.4, -0.2) is 61.2 Å². The van der Waals surface area contributed by atoms with E-state index in [0.717, 1.165) is 12.8 Å². The molecule has 0 aromatic carbocycles. The molecular formula is C20H33N5O10P2. The van der Waals surface area contributed by atoms with Crippen LogP contribution >= 0.6 is 14.7 Å². The van der Waals surface area contributed by atoms with E-state index in [1.54, 1.807) is 13.3 Å². The highest BCUT2D eigenvalue weighted by molar-refractivity contribution is 7.62. The summed E-state index contributed by atoms with van der Waals surface area (Å²) in [6.07, 6.45) is 4.32. The van der Waals surface area contributed by atoms with Crippen LogP contribution in [0.15, 0.2) is 43.7 Å². The van der Waals surface area contributed by atoms with Gasteiger partial charge in [0, 0.05) is 24.5 Å². The standard InChI is InChI=1S/C11H17N2O4P.C9H13N2O6P.H3N/c1-18(2,16)10-4-3-8(17-10)7-13-6-5-9(14)12-11(13)15;12-7-3-4-11(9(13)10-7)5-6-1-2-8(17-6)18(14,15)16;/h5-6,8,10H,3-4,7H2,1-2H3,(H,12,14,15);3-4,6,8H,1-2,5H2,(H,10,12,13)(H2,14,15,16);1H3. The summed E-state index contributed by atoms with van der Waals surface area (Å²) in [6, 6.07) is 2.50. The Bertz CT molecular complexity index is 1280. The Labute approximate surface area is 211 Å². The Morgan fingerprint density at radius 1 is 0.865 bits per heavy atom. The van der Waals surface area contributed by atoms with Gasteiger partial charge >= 0.3 is 11.4 Å². The topological polar surface area (TPSA) is 242 Å². The summed E-state index contributed by atoms with van der Waals surface area (Å²) in [4.78, 5) is 68.7. The second kappa shape index (κ2) is 12.4. The lowest BCUT2D eigenvalue weighted by Gasteiger charge is -2.23. The Morgan fingerprint density at radius 3 is 1.59 bits per heavy atom. The molecule has 2 saturated heterocycles. The molecule has 5 atom stereocenters. The van der Waals surface area contributed by atoms with Gasteiger partial charge in [0.25, 0.3) is 11.1 Å². The zero-order valence-electron chi connectivity index (χ0n) is 20.8. The fourth-order valence-electron chi connectivity index (χ4n) is 3.95. The minimum absolute atomic E-state index is 0. The van der Waals surface area contributed by atoms with E-state index in [1.165, 1.54) is 33.7 Å². The molecule has 208 valence electrons. The van der Waals surface area contributed by atoms with E-state index in [9.17, 15) is 33.2 Å². The third-order valence-corrected chi connectivity index (χ3v) is 8.70. The van der Waals surface area contributed by atoms with Crippen LogP contribution < -0.4 is 33.5 Å². The van der Waals surface area contributed by atoms with Gasteiger partial charge in [0.2, 0.25) is 0 Å². The van der Waals surface area contributed by atoms with Gasteiger partial charge in [-0.05, 0) is 39.0 Å². The van der Waals surface area contributed by atoms with Gasteiger partial charge in [-0.2, -0.15) is 0 Å². The summed E-state index contributed by atoms with van der Waals surface area (Å²) < 4.78 is 36.2. The van der Waals surface area contributed by atoms with Crippen LogP contribution in [0.4, 0.5) is 0 Å². The number of ether oxygens (including phenoxy) is 2. The van der Waals surface area contributed by atoms with Gasteiger partial charge in [-0.15, -0.1) is 0 Å². The van der Waals surface area contributed by atoms with Crippen molar-refractivity contribution in [1.82, 2.24) is 25.3 Å². The molecule has 15 nitrogen and oxygen atoms in total. The van der Waals surface area contributed by atoms with Crippen molar-refractivity contribution in [2.24, 2.45) is 0 Å². The molecule has 2 aliphatic heterocycles. The highest BCUT2D eigenvalue weighted by Crippen LogP contribution is 2.49. The number of hydrogen-bond donors (Lipinski definition) is 4. The lowest BCUT2D eigenvalue weighted by Crippen LogP contribution is -2.32. The number of aromatic amines is 2. The summed E-state index contributed by atoms with van der Waals surface area (Å²) in [7, 11) is -6.74. The molecule has 2 aromatic rings. The van der Waals surface area contributed by atoms with Crippen LogP contribution in [0.2, 0.25) is 0 Å². The highest BCUT2D eigenvalue weighted by atomic mass is 31.2. The van der Waals surface area contributed by atoms with Gasteiger partial charge in [-0.25, -0.2) is 9.59 Å². The molecule has 0 spiro atoms. The maximum absolute atomic E-state index is 11.9. The molecule has 5 unspecified atom stereocenters. The van der Waals surface area contributed by atoms with E-state index >= 15 is 0 Å². The number of quaternary nitrogens is 1. The largest absolute Gasteiger partial charge is 0.777 e. The lowest BCUT2D eigenvalue weighted by molar-refractivity contribution is -0.204. The maximum atomic E-state index is 11.9.